The van der Waals surface area contributed by atoms with E-state index in [0.29, 0.717) is 11.5 Å². The molecule has 3 aromatic rings. The number of allylic oxidation sites excluding steroid dienone is 3. The molecule has 212 valence electrons. The van der Waals surface area contributed by atoms with Crippen LogP contribution in [0.3, 0.4) is 0 Å². The highest BCUT2D eigenvalue weighted by Gasteiger charge is 2.30. The summed E-state index contributed by atoms with van der Waals surface area (Å²) >= 11 is 0. The van der Waals surface area contributed by atoms with Crippen LogP contribution in [0.25, 0.3) is 11.4 Å². The summed E-state index contributed by atoms with van der Waals surface area (Å²) in [7, 11) is 0. The molecule has 3 aromatic carbocycles. The Bertz CT molecular complexity index is 1570. The van der Waals surface area contributed by atoms with Crippen molar-refractivity contribution in [2.75, 3.05) is 0 Å². The van der Waals surface area contributed by atoms with Gasteiger partial charge in [-0.3, -0.25) is 4.99 Å². The molecule has 5 rings (SSSR count). The third-order valence-electron chi connectivity index (χ3n) is 8.53. The molecule has 0 spiro atoms. The molecule has 0 bridgehead atoms. The van der Waals surface area contributed by atoms with Gasteiger partial charge >= 0.3 is 0 Å². The zero-order chi connectivity index (χ0) is 29.4. The maximum absolute atomic E-state index is 4.98. The van der Waals surface area contributed by atoms with E-state index in [2.05, 4.69) is 110 Å². The van der Waals surface area contributed by atoms with Crippen LogP contribution in [-0.2, 0) is 5.41 Å². The van der Waals surface area contributed by atoms with Gasteiger partial charge < -0.3 is 0 Å². The van der Waals surface area contributed by atoms with Crippen molar-refractivity contribution in [2.45, 2.75) is 64.7 Å². The van der Waals surface area contributed by atoms with Gasteiger partial charge in [-0.25, -0.2) is 9.98 Å². The van der Waals surface area contributed by atoms with E-state index in [0.717, 1.165) is 66.6 Å². The Kier molecular flexibility index (Phi) is 9.38. The SMILES string of the molecule is C=C(N=C(N=C(C)c1ccccc1)C1=CCCC=C1)c1ccc(C(CC)(CC)c2ccc(C3=CCCC=N3)cc2)cc1. The molecular formula is C39H41N3. The molecule has 0 N–H and O–H groups in total. The van der Waals surface area contributed by atoms with Gasteiger partial charge in [0, 0.05) is 22.9 Å². The molecule has 1 aliphatic carbocycles. The fourth-order valence-electron chi connectivity index (χ4n) is 5.91. The van der Waals surface area contributed by atoms with Crippen molar-refractivity contribution in [3.8, 4) is 0 Å². The maximum atomic E-state index is 4.98. The van der Waals surface area contributed by atoms with Crippen molar-refractivity contribution in [3.05, 3.63) is 143 Å². The predicted molar refractivity (Wildman–Crippen MR) is 182 cm³/mol. The van der Waals surface area contributed by atoms with Crippen LogP contribution in [0.5, 0.6) is 0 Å². The third-order valence-corrected chi connectivity index (χ3v) is 8.53. The number of aliphatic imine (C=N–C) groups is 3. The topological polar surface area (TPSA) is 37.1 Å². The van der Waals surface area contributed by atoms with Crippen molar-refractivity contribution in [1.29, 1.82) is 0 Å². The van der Waals surface area contributed by atoms with Crippen LogP contribution in [0, 0.1) is 0 Å². The lowest BCUT2D eigenvalue weighted by Gasteiger charge is -2.33. The number of benzene rings is 3. The highest BCUT2D eigenvalue weighted by Crippen LogP contribution is 2.40. The average Bonchev–Trinajstić information content (AvgIpc) is 3.07. The minimum atomic E-state index is -0.0637. The summed E-state index contributed by atoms with van der Waals surface area (Å²) in [5, 5.41) is 0. The molecule has 0 atom stereocenters. The van der Waals surface area contributed by atoms with Crippen LogP contribution < -0.4 is 0 Å². The minimum Gasteiger partial charge on any atom is -0.261 e. The van der Waals surface area contributed by atoms with E-state index < -0.39 is 0 Å². The molecule has 0 fully saturated rings. The van der Waals surface area contributed by atoms with Gasteiger partial charge in [0.25, 0.3) is 0 Å². The predicted octanol–water partition coefficient (Wildman–Crippen LogP) is 10.2. The van der Waals surface area contributed by atoms with E-state index in [1.54, 1.807) is 0 Å². The van der Waals surface area contributed by atoms with E-state index in [1.165, 1.54) is 16.7 Å². The van der Waals surface area contributed by atoms with Crippen molar-refractivity contribution in [2.24, 2.45) is 15.0 Å². The summed E-state index contributed by atoms with van der Waals surface area (Å²) in [4.78, 5) is 14.6. The lowest BCUT2D eigenvalue weighted by atomic mass is 9.70. The largest absolute Gasteiger partial charge is 0.261 e. The van der Waals surface area contributed by atoms with E-state index in [1.807, 2.05) is 31.3 Å². The zero-order valence-corrected chi connectivity index (χ0v) is 25.2. The van der Waals surface area contributed by atoms with Gasteiger partial charge in [0.1, 0.15) is 0 Å². The Balaban J connectivity index is 1.43. The number of hydrogen-bond acceptors (Lipinski definition) is 2. The number of hydrogen-bond donors (Lipinski definition) is 0. The van der Waals surface area contributed by atoms with E-state index in [4.69, 9.17) is 9.98 Å². The van der Waals surface area contributed by atoms with Crippen LogP contribution in [0.1, 0.15) is 87.1 Å². The monoisotopic (exact) mass is 551 g/mol. The first-order valence-electron chi connectivity index (χ1n) is 15.2. The number of nitrogens with zero attached hydrogens (tertiary/aromatic N) is 3. The molecule has 0 saturated carbocycles. The third kappa shape index (κ3) is 6.41. The molecule has 3 heteroatoms. The summed E-state index contributed by atoms with van der Waals surface area (Å²) < 4.78 is 0. The minimum absolute atomic E-state index is 0.0637. The van der Waals surface area contributed by atoms with E-state index in [-0.39, 0.29) is 5.41 Å². The zero-order valence-electron chi connectivity index (χ0n) is 25.2. The second-order valence-electron chi connectivity index (χ2n) is 11.0. The maximum Gasteiger partial charge on any atom is 0.159 e. The van der Waals surface area contributed by atoms with Crippen LogP contribution in [0.2, 0.25) is 0 Å². The van der Waals surface area contributed by atoms with Gasteiger partial charge in [0.15, 0.2) is 5.84 Å². The van der Waals surface area contributed by atoms with Gasteiger partial charge in [-0.05, 0) is 73.3 Å². The van der Waals surface area contributed by atoms with Crippen molar-refractivity contribution < 1.29 is 0 Å². The van der Waals surface area contributed by atoms with Crippen LogP contribution in [0.4, 0.5) is 0 Å². The Morgan fingerprint density at radius 2 is 1.43 bits per heavy atom. The molecule has 0 unspecified atom stereocenters. The van der Waals surface area contributed by atoms with Gasteiger partial charge in [0.2, 0.25) is 0 Å². The Labute approximate surface area is 251 Å². The Morgan fingerprint density at radius 1 is 0.762 bits per heavy atom. The molecule has 1 aliphatic heterocycles. The molecule has 3 nitrogen and oxygen atoms in total. The first-order valence-corrected chi connectivity index (χ1v) is 15.2. The first-order chi connectivity index (χ1) is 20.5. The van der Waals surface area contributed by atoms with Gasteiger partial charge in [-0.2, -0.15) is 0 Å². The summed E-state index contributed by atoms with van der Waals surface area (Å²) in [5.74, 6) is 0.704. The van der Waals surface area contributed by atoms with Crippen LogP contribution in [-0.4, -0.2) is 17.8 Å². The quantitative estimate of drug-likeness (QED) is 0.187. The molecule has 2 aliphatic rings. The van der Waals surface area contributed by atoms with Crippen molar-refractivity contribution in [3.63, 3.8) is 0 Å². The summed E-state index contributed by atoms with van der Waals surface area (Å²) in [6.07, 6.45) is 16.9. The lowest BCUT2D eigenvalue weighted by Crippen LogP contribution is -2.26. The number of amidine groups is 1. The highest BCUT2D eigenvalue weighted by molar-refractivity contribution is 6.13. The Morgan fingerprint density at radius 3 is 2.02 bits per heavy atom. The van der Waals surface area contributed by atoms with Gasteiger partial charge in [-0.15, -0.1) is 0 Å². The summed E-state index contributed by atoms with van der Waals surface area (Å²) in [6, 6.07) is 28.1. The van der Waals surface area contributed by atoms with Crippen LogP contribution >= 0.6 is 0 Å². The fraction of sp³-hybridized carbons (Fsp3) is 0.256. The second kappa shape index (κ2) is 13.5. The van der Waals surface area contributed by atoms with Crippen molar-refractivity contribution in [1.82, 2.24) is 0 Å². The summed E-state index contributed by atoms with van der Waals surface area (Å²) in [5.41, 5.74) is 9.64. The first kappa shape index (κ1) is 29.1. The fourth-order valence-corrected chi connectivity index (χ4v) is 5.91. The Hall–Kier alpha value is -4.37. The number of rotatable bonds is 9. The molecule has 0 amide bonds. The average molecular weight is 552 g/mol. The highest BCUT2D eigenvalue weighted by atomic mass is 14.9. The van der Waals surface area contributed by atoms with Crippen molar-refractivity contribution >= 4 is 29.2 Å². The van der Waals surface area contributed by atoms with Gasteiger partial charge in [-0.1, -0.05) is 124 Å². The summed E-state index contributed by atoms with van der Waals surface area (Å²) in [6.45, 7) is 11.0. The van der Waals surface area contributed by atoms with Gasteiger partial charge in [0.05, 0.1) is 11.4 Å². The van der Waals surface area contributed by atoms with E-state index in [9.17, 15) is 0 Å². The second-order valence-corrected chi connectivity index (χ2v) is 11.0. The molecule has 0 aromatic heterocycles. The lowest BCUT2D eigenvalue weighted by molar-refractivity contribution is 0.478. The molecular weight excluding hydrogens is 510 g/mol. The smallest absolute Gasteiger partial charge is 0.159 e. The molecule has 0 radical (unpaired) electrons. The standard InChI is InChI=1S/C39H41N3/c1-5-39(6-2,36-26-22-33(23-27-36)37-19-13-14-28-40-37)35-24-20-32(21-25-35)30(4)42-38(34-17-11-8-12-18-34)41-29(3)31-15-9-7-10-16-31/h7,9-11,15-28H,4-6,8,12-14H2,1-3H3. The van der Waals surface area contributed by atoms with E-state index >= 15 is 0 Å². The molecule has 1 heterocycles. The normalized spacial score (nSPS) is 15.8. The van der Waals surface area contributed by atoms with Crippen LogP contribution in [0.15, 0.2) is 130 Å². The molecule has 42 heavy (non-hydrogen) atoms. The molecule has 0 saturated heterocycles.